The van der Waals surface area contributed by atoms with E-state index in [4.69, 9.17) is 5.26 Å². The number of carbonyl (C=O) groups excluding carboxylic acids is 2. The summed E-state index contributed by atoms with van der Waals surface area (Å²) in [5.41, 5.74) is 1.27. The van der Waals surface area contributed by atoms with Crippen LogP contribution in [-0.4, -0.2) is 48.9 Å². The molecular formula is C18H23N4O2+. The number of benzene rings is 1. The molecule has 0 bridgehead atoms. The minimum Gasteiger partial charge on any atom is -0.331 e. The molecule has 3 rings (SSSR count). The summed E-state index contributed by atoms with van der Waals surface area (Å²) < 4.78 is 0. The van der Waals surface area contributed by atoms with Crippen molar-refractivity contribution >= 4 is 17.5 Å². The van der Waals surface area contributed by atoms with Crippen LogP contribution < -0.4 is 10.2 Å². The molecule has 1 aromatic carbocycles. The van der Waals surface area contributed by atoms with E-state index in [0.29, 0.717) is 17.2 Å². The summed E-state index contributed by atoms with van der Waals surface area (Å²) in [6.07, 6.45) is 2.07. The van der Waals surface area contributed by atoms with Crippen molar-refractivity contribution < 1.29 is 14.5 Å². The maximum Gasteiger partial charge on any atom is 0.282 e. The van der Waals surface area contributed by atoms with E-state index in [-0.39, 0.29) is 17.9 Å². The molecule has 2 fully saturated rings. The van der Waals surface area contributed by atoms with Gasteiger partial charge in [0.15, 0.2) is 6.04 Å². The predicted molar refractivity (Wildman–Crippen MR) is 89.2 cm³/mol. The summed E-state index contributed by atoms with van der Waals surface area (Å²) in [5, 5.41) is 11.7. The highest BCUT2D eigenvalue weighted by atomic mass is 16.2. The van der Waals surface area contributed by atoms with Gasteiger partial charge in [-0.15, -0.1) is 0 Å². The molecule has 1 saturated heterocycles. The van der Waals surface area contributed by atoms with Crippen molar-refractivity contribution in [2.24, 2.45) is 5.92 Å². The number of nitrogens with one attached hydrogen (secondary N) is 2. The standard InChI is InChI=1S/C18H22N4O2/c1-13(17(23)20-16-6-2-14(12-19)3-7-16)21-8-10-22(11-9-21)18(24)15-4-5-15/h2-3,6-7,13,15H,4-5,8-11H2,1H3,(H,20,23)/p+1/t13-/m0/s1. The number of carbonyl (C=O) groups is 2. The maximum atomic E-state index is 12.4. The van der Waals surface area contributed by atoms with E-state index in [0.717, 1.165) is 39.0 Å². The molecule has 1 atom stereocenters. The Morgan fingerprint density at radius 3 is 2.42 bits per heavy atom. The highest BCUT2D eigenvalue weighted by Crippen LogP contribution is 2.30. The zero-order valence-electron chi connectivity index (χ0n) is 13.9. The van der Waals surface area contributed by atoms with Gasteiger partial charge in [-0.05, 0) is 44.0 Å². The molecule has 1 saturated carbocycles. The molecule has 1 aromatic rings. The van der Waals surface area contributed by atoms with E-state index >= 15 is 0 Å². The van der Waals surface area contributed by atoms with Crippen molar-refractivity contribution in [2.75, 3.05) is 31.5 Å². The third-order valence-corrected chi connectivity index (χ3v) is 4.93. The van der Waals surface area contributed by atoms with Crippen LogP contribution in [0.25, 0.3) is 0 Å². The zero-order chi connectivity index (χ0) is 17.1. The summed E-state index contributed by atoms with van der Waals surface area (Å²) in [6, 6.07) is 8.75. The second-order valence-electron chi connectivity index (χ2n) is 6.66. The molecule has 0 radical (unpaired) electrons. The third kappa shape index (κ3) is 3.74. The first kappa shape index (κ1) is 16.5. The van der Waals surface area contributed by atoms with Gasteiger partial charge < -0.3 is 15.1 Å². The van der Waals surface area contributed by atoms with E-state index in [1.807, 2.05) is 11.8 Å². The Morgan fingerprint density at radius 2 is 1.88 bits per heavy atom. The molecule has 2 amide bonds. The highest BCUT2D eigenvalue weighted by molar-refractivity contribution is 5.93. The lowest BCUT2D eigenvalue weighted by Crippen LogP contribution is -3.19. The minimum atomic E-state index is -0.168. The smallest absolute Gasteiger partial charge is 0.282 e. The molecule has 0 aromatic heterocycles. The lowest BCUT2D eigenvalue weighted by atomic mass is 10.2. The first-order chi connectivity index (χ1) is 11.6. The molecule has 0 unspecified atom stereocenters. The fraction of sp³-hybridized carbons (Fsp3) is 0.500. The van der Waals surface area contributed by atoms with Crippen LogP contribution in [0.5, 0.6) is 0 Å². The average Bonchev–Trinajstić information content (AvgIpc) is 3.46. The number of quaternary nitrogens is 1. The molecule has 0 spiro atoms. The highest BCUT2D eigenvalue weighted by Gasteiger charge is 2.37. The van der Waals surface area contributed by atoms with Gasteiger partial charge in [0.25, 0.3) is 5.91 Å². The predicted octanol–water partition coefficient (Wildman–Crippen LogP) is 0.0224. The number of nitriles is 1. The summed E-state index contributed by atoms with van der Waals surface area (Å²) >= 11 is 0. The van der Waals surface area contributed by atoms with Crippen LogP contribution in [0.15, 0.2) is 24.3 Å². The van der Waals surface area contributed by atoms with E-state index in [2.05, 4.69) is 11.4 Å². The SMILES string of the molecule is C[C@@H](C(=O)Nc1ccc(C#N)cc1)[NH+]1CCN(C(=O)C2CC2)CC1. The van der Waals surface area contributed by atoms with Gasteiger partial charge in [-0.2, -0.15) is 5.26 Å². The van der Waals surface area contributed by atoms with Gasteiger partial charge in [0.2, 0.25) is 5.91 Å². The van der Waals surface area contributed by atoms with Gasteiger partial charge in [-0.1, -0.05) is 0 Å². The van der Waals surface area contributed by atoms with Gasteiger partial charge in [-0.25, -0.2) is 0 Å². The second-order valence-corrected chi connectivity index (χ2v) is 6.66. The van der Waals surface area contributed by atoms with E-state index in [1.165, 1.54) is 4.90 Å². The normalized spacial score (nSPS) is 19.4. The summed E-state index contributed by atoms with van der Waals surface area (Å²) in [6.45, 7) is 5.01. The van der Waals surface area contributed by atoms with Crippen molar-refractivity contribution in [3.8, 4) is 6.07 Å². The summed E-state index contributed by atoms with van der Waals surface area (Å²) in [7, 11) is 0. The number of nitrogens with zero attached hydrogens (tertiary/aromatic N) is 2. The Morgan fingerprint density at radius 1 is 1.25 bits per heavy atom. The third-order valence-electron chi connectivity index (χ3n) is 4.93. The minimum absolute atomic E-state index is 0.0309. The van der Waals surface area contributed by atoms with E-state index in [1.54, 1.807) is 24.3 Å². The molecule has 2 aliphatic rings. The van der Waals surface area contributed by atoms with Crippen LogP contribution in [-0.2, 0) is 9.59 Å². The summed E-state index contributed by atoms with van der Waals surface area (Å²) in [5.74, 6) is 0.532. The Hall–Kier alpha value is -2.39. The molecular weight excluding hydrogens is 304 g/mol. The monoisotopic (exact) mass is 327 g/mol. The second kappa shape index (κ2) is 7.02. The van der Waals surface area contributed by atoms with Crippen LogP contribution in [0.2, 0.25) is 0 Å². The Bertz CT molecular complexity index is 653. The van der Waals surface area contributed by atoms with Crippen molar-refractivity contribution in [3.63, 3.8) is 0 Å². The van der Waals surface area contributed by atoms with Gasteiger partial charge in [0.05, 0.1) is 37.8 Å². The Kier molecular flexibility index (Phi) is 4.81. The largest absolute Gasteiger partial charge is 0.331 e. The topological polar surface area (TPSA) is 77.6 Å². The van der Waals surface area contributed by atoms with Crippen molar-refractivity contribution in [1.82, 2.24) is 4.90 Å². The Labute approximate surface area is 142 Å². The van der Waals surface area contributed by atoms with Gasteiger partial charge >= 0.3 is 0 Å². The van der Waals surface area contributed by atoms with E-state index in [9.17, 15) is 9.59 Å². The van der Waals surface area contributed by atoms with Crippen molar-refractivity contribution in [1.29, 1.82) is 5.26 Å². The zero-order valence-corrected chi connectivity index (χ0v) is 13.9. The Balaban J connectivity index is 1.50. The fourth-order valence-electron chi connectivity index (χ4n) is 3.10. The number of rotatable bonds is 4. The molecule has 1 heterocycles. The fourth-order valence-corrected chi connectivity index (χ4v) is 3.10. The lowest BCUT2D eigenvalue weighted by Gasteiger charge is -2.34. The van der Waals surface area contributed by atoms with Crippen LogP contribution in [0, 0.1) is 17.2 Å². The quantitative estimate of drug-likeness (QED) is 0.819. The molecule has 24 heavy (non-hydrogen) atoms. The maximum absolute atomic E-state index is 12.4. The van der Waals surface area contributed by atoms with Crippen molar-refractivity contribution in [3.05, 3.63) is 29.8 Å². The first-order valence-corrected chi connectivity index (χ1v) is 8.53. The van der Waals surface area contributed by atoms with Gasteiger partial charge in [0.1, 0.15) is 0 Å². The van der Waals surface area contributed by atoms with Gasteiger partial charge in [0, 0.05) is 11.6 Å². The number of piperazine rings is 1. The molecule has 2 N–H and O–H groups in total. The number of amides is 2. The van der Waals surface area contributed by atoms with Crippen LogP contribution in [0.3, 0.4) is 0 Å². The van der Waals surface area contributed by atoms with E-state index < -0.39 is 0 Å². The van der Waals surface area contributed by atoms with Gasteiger partial charge in [-0.3, -0.25) is 9.59 Å². The number of anilines is 1. The molecule has 1 aliphatic carbocycles. The lowest BCUT2D eigenvalue weighted by molar-refractivity contribution is -0.917. The molecule has 6 heteroatoms. The van der Waals surface area contributed by atoms with Crippen molar-refractivity contribution in [2.45, 2.75) is 25.8 Å². The summed E-state index contributed by atoms with van der Waals surface area (Å²) in [4.78, 5) is 27.7. The molecule has 6 nitrogen and oxygen atoms in total. The molecule has 1 aliphatic heterocycles. The van der Waals surface area contributed by atoms with Crippen LogP contribution in [0.1, 0.15) is 25.3 Å². The number of hydrogen-bond donors (Lipinski definition) is 2. The average molecular weight is 327 g/mol. The molecule has 126 valence electrons. The first-order valence-electron chi connectivity index (χ1n) is 8.53. The number of hydrogen-bond acceptors (Lipinski definition) is 3. The van der Waals surface area contributed by atoms with Crippen LogP contribution >= 0.6 is 0 Å². The van der Waals surface area contributed by atoms with Crippen LogP contribution in [0.4, 0.5) is 5.69 Å².